The number of hydrogen-bond donors (Lipinski definition) is 2. The molecule has 1 fully saturated rings. The molecule has 9 nitrogen and oxygen atoms in total. The fraction of sp³-hybridized carbons (Fsp3) is 0.333. The minimum absolute atomic E-state index is 0.0655. The minimum atomic E-state index is -1.02. The Kier molecular flexibility index (Phi) is 8.46. The van der Waals surface area contributed by atoms with Gasteiger partial charge in [0.05, 0.1) is 42.9 Å². The summed E-state index contributed by atoms with van der Waals surface area (Å²) in [6, 6.07) is 8.58. The molecule has 220 valence electrons. The van der Waals surface area contributed by atoms with Crippen molar-refractivity contribution in [1.29, 1.82) is 0 Å². The molecule has 2 N–H and O–H groups in total. The Morgan fingerprint density at radius 1 is 0.905 bits per heavy atom. The van der Waals surface area contributed by atoms with Crippen molar-refractivity contribution in [2.24, 2.45) is 11.8 Å². The first-order chi connectivity index (χ1) is 20.1. The summed E-state index contributed by atoms with van der Waals surface area (Å²) < 4.78 is 33.6. The highest BCUT2D eigenvalue weighted by Gasteiger charge is 2.48. The first kappa shape index (κ1) is 29.5. The number of carboxylic acid groups (broad SMARTS) is 2. The van der Waals surface area contributed by atoms with Crippen LogP contribution in [0.4, 0.5) is 4.39 Å². The van der Waals surface area contributed by atoms with Crippen molar-refractivity contribution in [2.45, 2.75) is 32.1 Å². The van der Waals surface area contributed by atoms with E-state index in [4.69, 9.17) is 24.4 Å². The van der Waals surface area contributed by atoms with E-state index in [-0.39, 0.29) is 47.9 Å². The zero-order valence-electron chi connectivity index (χ0n) is 22.7. The smallest absolute Gasteiger partial charge is 0.307 e. The lowest BCUT2D eigenvalue weighted by molar-refractivity contribution is -0.139. The lowest BCUT2D eigenvalue weighted by Crippen LogP contribution is -2.06. The average Bonchev–Trinajstić information content (AvgIpc) is 3.49. The van der Waals surface area contributed by atoms with Crippen LogP contribution in [-0.2, 0) is 16.0 Å². The number of halogens is 1. The highest BCUT2D eigenvalue weighted by Crippen LogP contribution is 2.45. The van der Waals surface area contributed by atoms with Gasteiger partial charge in [-0.25, -0.2) is 4.39 Å². The number of aryl methyl sites for hydroxylation is 1. The van der Waals surface area contributed by atoms with Crippen LogP contribution in [0, 0.1) is 17.7 Å². The summed E-state index contributed by atoms with van der Waals surface area (Å²) in [6.45, 7) is 0.154. The van der Waals surface area contributed by atoms with E-state index in [0.29, 0.717) is 39.5 Å². The normalized spacial score (nSPS) is 16.0. The summed E-state index contributed by atoms with van der Waals surface area (Å²) in [5.41, 5.74) is 0.875. The Labute approximate surface area is 247 Å². The standard InChI is InChI=1S/C30H27FO9S2/c1-38-20-12-22-15(9-24(41-22)19(32)5-6-26(33)34)8-14(20)4-3-7-40-29-21(39-2)13-23-18(27(29)31)11-25(42-23)28(35)16-10-17(16)30(36)37/h8-9,11-13,16-17H,3-7,10H2,1-2H3,(H,33,34)(H,36,37)/t16-,17-/m1/s1. The van der Waals surface area contributed by atoms with Gasteiger partial charge < -0.3 is 24.4 Å². The molecule has 12 heteroatoms. The number of ketones is 2. The van der Waals surface area contributed by atoms with E-state index in [1.165, 1.54) is 24.5 Å². The molecule has 4 aromatic rings. The molecular formula is C30H27FO9S2. The third-order valence-corrected chi connectivity index (χ3v) is 9.42. The van der Waals surface area contributed by atoms with Crippen molar-refractivity contribution in [3.63, 3.8) is 0 Å². The molecule has 0 bridgehead atoms. The second kappa shape index (κ2) is 12.1. The molecule has 42 heavy (non-hydrogen) atoms. The lowest BCUT2D eigenvalue weighted by Gasteiger charge is -2.13. The van der Waals surface area contributed by atoms with Gasteiger partial charge in [0.25, 0.3) is 0 Å². The fourth-order valence-corrected chi connectivity index (χ4v) is 7.00. The monoisotopic (exact) mass is 614 g/mol. The van der Waals surface area contributed by atoms with Gasteiger partial charge in [-0.15, -0.1) is 22.7 Å². The van der Waals surface area contributed by atoms with Gasteiger partial charge in [-0.1, -0.05) is 0 Å². The molecule has 0 aliphatic heterocycles. The van der Waals surface area contributed by atoms with Gasteiger partial charge in [0, 0.05) is 33.2 Å². The van der Waals surface area contributed by atoms with Crippen LogP contribution in [0.25, 0.3) is 20.2 Å². The van der Waals surface area contributed by atoms with Crippen LogP contribution in [0.1, 0.15) is 50.6 Å². The minimum Gasteiger partial charge on any atom is -0.496 e. The molecule has 0 unspecified atom stereocenters. The number of hydrogen-bond acceptors (Lipinski definition) is 9. The average molecular weight is 615 g/mol. The van der Waals surface area contributed by atoms with E-state index < -0.39 is 29.6 Å². The van der Waals surface area contributed by atoms with Gasteiger partial charge >= 0.3 is 11.9 Å². The molecule has 2 atom stereocenters. The first-order valence-electron chi connectivity index (χ1n) is 13.2. The Hall–Kier alpha value is -4.03. The third kappa shape index (κ3) is 5.95. The number of carboxylic acids is 2. The number of carbonyl (C=O) groups is 4. The van der Waals surface area contributed by atoms with Gasteiger partial charge in [-0.2, -0.15) is 0 Å². The van der Waals surface area contributed by atoms with Crippen LogP contribution >= 0.6 is 22.7 Å². The molecule has 1 saturated carbocycles. The second-order valence-electron chi connectivity index (χ2n) is 9.98. The largest absolute Gasteiger partial charge is 0.496 e. The topological polar surface area (TPSA) is 136 Å². The second-order valence-corrected chi connectivity index (χ2v) is 12.1. The summed E-state index contributed by atoms with van der Waals surface area (Å²) >= 11 is 2.39. The first-order valence-corrected chi connectivity index (χ1v) is 14.8. The van der Waals surface area contributed by atoms with Crippen molar-refractivity contribution in [3.8, 4) is 17.2 Å². The van der Waals surface area contributed by atoms with Gasteiger partial charge in [-0.05, 0) is 54.5 Å². The molecule has 1 aliphatic rings. The van der Waals surface area contributed by atoms with E-state index in [1.54, 1.807) is 19.2 Å². The van der Waals surface area contributed by atoms with E-state index in [2.05, 4.69) is 0 Å². The maximum Gasteiger partial charge on any atom is 0.307 e. The molecule has 2 aromatic heterocycles. The van der Waals surface area contributed by atoms with E-state index in [9.17, 15) is 19.2 Å². The van der Waals surface area contributed by atoms with Crippen molar-refractivity contribution < 1.29 is 48.0 Å². The molecular weight excluding hydrogens is 587 g/mol. The van der Waals surface area contributed by atoms with Crippen LogP contribution < -0.4 is 14.2 Å². The van der Waals surface area contributed by atoms with Gasteiger partial charge in [0.15, 0.2) is 28.9 Å². The third-order valence-electron chi connectivity index (χ3n) is 7.19. The number of rotatable bonds is 14. The lowest BCUT2D eigenvalue weighted by atomic mass is 10.1. The summed E-state index contributed by atoms with van der Waals surface area (Å²) in [5, 5.41) is 19.0. The maximum absolute atomic E-state index is 15.5. The van der Waals surface area contributed by atoms with Crippen LogP contribution in [0.15, 0.2) is 30.3 Å². The molecule has 5 rings (SSSR count). The van der Waals surface area contributed by atoms with Crippen molar-refractivity contribution >= 4 is 66.4 Å². The highest BCUT2D eigenvalue weighted by atomic mass is 32.1. The van der Waals surface area contributed by atoms with Gasteiger partial charge in [0.1, 0.15) is 5.75 Å². The summed E-state index contributed by atoms with van der Waals surface area (Å²) in [5.74, 6) is -3.70. The van der Waals surface area contributed by atoms with Crippen LogP contribution in [0.2, 0.25) is 0 Å². The number of ether oxygens (including phenoxy) is 3. The summed E-state index contributed by atoms with van der Waals surface area (Å²) in [6.07, 6.45) is 1.04. The molecule has 0 amide bonds. The Balaban J connectivity index is 1.28. The van der Waals surface area contributed by atoms with Crippen molar-refractivity contribution in [1.82, 2.24) is 0 Å². The van der Waals surface area contributed by atoms with Gasteiger partial charge in [-0.3, -0.25) is 19.2 Å². The fourth-order valence-electron chi connectivity index (χ4n) is 4.87. The number of carbonyl (C=O) groups excluding carboxylic acids is 2. The number of aliphatic carboxylic acids is 2. The van der Waals surface area contributed by atoms with E-state index >= 15 is 4.39 Å². The number of fused-ring (bicyclic) bond motifs is 2. The Bertz CT molecular complexity index is 1720. The maximum atomic E-state index is 15.5. The molecule has 0 spiro atoms. The molecule has 1 aliphatic carbocycles. The zero-order chi connectivity index (χ0) is 30.1. The number of benzene rings is 2. The predicted molar refractivity (Wildman–Crippen MR) is 155 cm³/mol. The van der Waals surface area contributed by atoms with E-state index in [1.807, 2.05) is 12.1 Å². The van der Waals surface area contributed by atoms with Gasteiger partial charge in [0.2, 0.25) is 0 Å². The highest BCUT2D eigenvalue weighted by molar-refractivity contribution is 7.21. The number of methoxy groups -OCH3 is 2. The molecule has 0 radical (unpaired) electrons. The quantitative estimate of drug-likeness (QED) is 0.125. The SMILES string of the molecule is COc1cc2sc(C(=O)CCC(=O)O)cc2cc1CCCOc1c(OC)cc2sc(C(=O)[C@@H]3C[C@H]3C(=O)O)cc2c1F. The molecule has 2 heterocycles. The van der Waals surface area contributed by atoms with Crippen LogP contribution in [-0.4, -0.2) is 54.5 Å². The predicted octanol–water partition coefficient (Wildman–Crippen LogP) is 6.23. The van der Waals surface area contributed by atoms with E-state index in [0.717, 1.165) is 27.0 Å². The van der Waals surface area contributed by atoms with Crippen LogP contribution in [0.3, 0.4) is 0 Å². The number of thiophene rings is 2. The van der Waals surface area contributed by atoms with Crippen LogP contribution in [0.5, 0.6) is 17.2 Å². The Morgan fingerprint density at radius 3 is 2.29 bits per heavy atom. The summed E-state index contributed by atoms with van der Waals surface area (Å²) in [7, 11) is 2.95. The van der Waals surface area contributed by atoms with Crippen molar-refractivity contribution in [2.75, 3.05) is 20.8 Å². The molecule has 0 saturated heterocycles. The zero-order valence-corrected chi connectivity index (χ0v) is 24.4. The van der Waals surface area contributed by atoms with Crippen molar-refractivity contribution in [3.05, 3.63) is 51.5 Å². The number of Topliss-reactive ketones (excluding diaryl/α,β-unsaturated/α-hetero) is 2. The Morgan fingerprint density at radius 2 is 1.62 bits per heavy atom. The summed E-state index contributed by atoms with van der Waals surface area (Å²) in [4.78, 5) is 47.9. The molecule has 2 aromatic carbocycles.